The average molecular weight is 422 g/mol. The van der Waals surface area contributed by atoms with Crippen molar-refractivity contribution in [3.63, 3.8) is 0 Å². The molecule has 0 radical (unpaired) electrons. The van der Waals surface area contributed by atoms with Crippen molar-refractivity contribution in [3.05, 3.63) is 70.2 Å². The fourth-order valence-corrected chi connectivity index (χ4v) is 3.87. The van der Waals surface area contributed by atoms with Crippen molar-refractivity contribution in [2.24, 2.45) is 10.9 Å². The minimum Gasteiger partial charge on any atom is -0.356 e. The maximum absolute atomic E-state index is 10.8. The summed E-state index contributed by atoms with van der Waals surface area (Å²) in [5.41, 5.74) is 1.80. The summed E-state index contributed by atoms with van der Waals surface area (Å²) in [5.74, 6) is 2.17. The zero-order chi connectivity index (χ0) is 21.5. The Bertz CT molecular complexity index is 1040. The maximum Gasteiger partial charge on any atom is 0.269 e. The molecule has 2 N–H and O–H groups in total. The summed E-state index contributed by atoms with van der Waals surface area (Å²) in [7, 11) is 0. The highest BCUT2D eigenvalue weighted by atomic mass is 16.6. The number of aromatic nitrogens is 3. The lowest BCUT2D eigenvalue weighted by Crippen LogP contribution is -2.40. The Morgan fingerprint density at radius 3 is 2.68 bits per heavy atom. The van der Waals surface area contributed by atoms with E-state index in [1.54, 1.807) is 12.1 Å². The average Bonchev–Trinajstić information content (AvgIpc) is 3.22. The molecule has 0 unspecified atom stereocenters. The van der Waals surface area contributed by atoms with Gasteiger partial charge in [0.2, 0.25) is 0 Å². The van der Waals surface area contributed by atoms with E-state index in [2.05, 4.69) is 20.8 Å². The lowest BCUT2D eigenvalue weighted by atomic mass is 9.89. The van der Waals surface area contributed by atoms with E-state index >= 15 is 0 Å². The van der Waals surface area contributed by atoms with Gasteiger partial charge in [-0.05, 0) is 36.5 Å². The highest BCUT2D eigenvalue weighted by Crippen LogP contribution is 2.22. The molecule has 0 spiro atoms. The van der Waals surface area contributed by atoms with Gasteiger partial charge in [-0.2, -0.15) is 0 Å². The SMILES string of the molecule is O=[N+]([O-])c1ccc(CN=C(NCc2nnc3ccccn23)NCC2CCCCC2)cc1. The van der Waals surface area contributed by atoms with Crippen molar-refractivity contribution in [3.8, 4) is 0 Å². The topological polar surface area (TPSA) is 110 Å². The highest BCUT2D eigenvalue weighted by molar-refractivity contribution is 5.79. The van der Waals surface area contributed by atoms with E-state index < -0.39 is 4.92 Å². The predicted molar refractivity (Wildman–Crippen MR) is 119 cm³/mol. The van der Waals surface area contributed by atoms with Gasteiger partial charge in [0, 0.05) is 24.9 Å². The lowest BCUT2D eigenvalue weighted by molar-refractivity contribution is -0.384. The van der Waals surface area contributed by atoms with Gasteiger partial charge in [0.1, 0.15) is 0 Å². The molecule has 1 saturated carbocycles. The number of nitro benzene ring substituents is 1. The second-order valence-corrected chi connectivity index (χ2v) is 7.87. The molecule has 0 saturated heterocycles. The van der Waals surface area contributed by atoms with Gasteiger partial charge in [-0.25, -0.2) is 4.99 Å². The van der Waals surface area contributed by atoms with Crippen molar-refractivity contribution in [2.75, 3.05) is 6.54 Å². The van der Waals surface area contributed by atoms with Crippen molar-refractivity contribution in [1.29, 1.82) is 0 Å². The quantitative estimate of drug-likeness (QED) is 0.262. The zero-order valence-electron chi connectivity index (χ0n) is 17.4. The first-order chi connectivity index (χ1) is 15.2. The summed E-state index contributed by atoms with van der Waals surface area (Å²) in [4.78, 5) is 15.2. The Morgan fingerprint density at radius 2 is 1.90 bits per heavy atom. The number of hydrogen-bond donors (Lipinski definition) is 2. The number of hydrogen-bond acceptors (Lipinski definition) is 5. The minimum absolute atomic E-state index is 0.0835. The molecule has 0 atom stereocenters. The molecule has 9 heteroatoms. The molecule has 31 heavy (non-hydrogen) atoms. The summed E-state index contributed by atoms with van der Waals surface area (Å²) in [6.07, 6.45) is 8.35. The molecule has 1 fully saturated rings. The van der Waals surface area contributed by atoms with E-state index in [0.717, 1.165) is 23.6 Å². The fourth-order valence-electron chi connectivity index (χ4n) is 3.87. The van der Waals surface area contributed by atoms with Crippen LogP contribution >= 0.6 is 0 Å². The van der Waals surface area contributed by atoms with Gasteiger partial charge < -0.3 is 10.6 Å². The van der Waals surface area contributed by atoms with Crippen LogP contribution in [0.2, 0.25) is 0 Å². The van der Waals surface area contributed by atoms with Gasteiger partial charge in [-0.3, -0.25) is 14.5 Å². The van der Waals surface area contributed by atoms with E-state index in [1.807, 2.05) is 28.8 Å². The lowest BCUT2D eigenvalue weighted by Gasteiger charge is -2.23. The summed E-state index contributed by atoms with van der Waals surface area (Å²) in [6, 6.07) is 12.3. The van der Waals surface area contributed by atoms with Crippen LogP contribution in [-0.2, 0) is 13.1 Å². The van der Waals surface area contributed by atoms with Gasteiger partial charge in [0.05, 0.1) is 18.0 Å². The second kappa shape index (κ2) is 10.0. The van der Waals surface area contributed by atoms with Crippen molar-refractivity contribution >= 4 is 17.3 Å². The van der Waals surface area contributed by atoms with Crippen LogP contribution in [0.15, 0.2) is 53.7 Å². The van der Waals surface area contributed by atoms with Crippen molar-refractivity contribution < 1.29 is 4.92 Å². The minimum atomic E-state index is -0.394. The third-order valence-electron chi connectivity index (χ3n) is 5.65. The van der Waals surface area contributed by atoms with Crippen molar-refractivity contribution in [1.82, 2.24) is 25.2 Å². The highest BCUT2D eigenvalue weighted by Gasteiger charge is 2.14. The largest absolute Gasteiger partial charge is 0.356 e. The molecule has 2 heterocycles. The summed E-state index contributed by atoms with van der Waals surface area (Å²) in [6.45, 7) is 1.80. The maximum atomic E-state index is 10.8. The van der Waals surface area contributed by atoms with Crippen LogP contribution in [-0.4, -0.2) is 32.0 Å². The molecule has 1 aliphatic rings. The Labute approximate surface area is 180 Å². The second-order valence-electron chi connectivity index (χ2n) is 7.87. The first kappa shape index (κ1) is 20.8. The first-order valence-electron chi connectivity index (χ1n) is 10.7. The van der Waals surface area contributed by atoms with Gasteiger partial charge in [0.15, 0.2) is 17.4 Å². The molecule has 9 nitrogen and oxygen atoms in total. The summed E-state index contributed by atoms with van der Waals surface area (Å²) < 4.78 is 1.95. The van der Waals surface area contributed by atoms with E-state index in [1.165, 1.54) is 44.2 Å². The Kier molecular flexibility index (Phi) is 6.71. The van der Waals surface area contributed by atoms with Crippen LogP contribution < -0.4 is 10.6 Å². The number of fused-ring (bicyclic) bond motifs is 1. The van der Waals surface area contributed by atoms with Crippen LogP contribution in [0, 0.1) is 16.0 Å². The molecule has 0 bridgehead atoms. The van der Waals surface area contributed by atoms with Gasteiger partial charge in [0.25, 0.3) is 5.69 Å². The number of nitro groups is 1. The smallest absolute Gasteiger partial charge is 0.269 e. The number of nitrogens with one attached hydrogen (secondary N) is 2. The normalized spacial score (nSPS) is 15.2. The Balaban J connectivity index is 1.43. The molecule has 3 aromatic rings. The Hall–Kier alpha value is -3.49. The molecule has 1 aliphatic carbocycles. The molecule has 2 aromatic heterocycles. The van der Waals surface area contributed by atoms with Crippen molar-refractivity contribution in [2.45, 2.75) is 45.2 Å². The van der Waals surface area contributed by atoms with Crippen LogP contribution in [0.25, 0.3) is 5.65 Å². The van der Waals surface area contributed by atoms with Crippen LogP contribution in [0.3, 0.4) is 0 Å². The molecular weight excluding hydrogens is 394 g/mol. The zero-order valence-corrected chi connectivity index (χ0v) is 17.4. The number of rotatable bonds is 7. The third-order valence-corrected chi connectivity index (χ3v) is 5.65. The van der Waals surface area contributed by atoms with Crippen LogP contribution in [0.5, 0.6) is 0 Å². The molecule has 162 valence electrons. The predicted octanol–water partition coefficient (Wildman–Crippen LogP) is 3.45. The van der Waals surface area contributed by atoms with Gasteiger partial charge >= 0.3 is 0 Å². The van der Waals surface area contributed by atoms with Gasteiger partial charge in [-0.15, -0.1) is 10.2 Å². The number of pyridine rings is 1. The number of nitrogens with zero attached hydrogens (tertiary/aromatic N) is 5. The first-order valence-corrected chi connectivity index (χ1v) is 10.7. The number of non-ortho nitro benzene ring substituents is 1. The van der Waals surface area contributed by atoms with E-state index in [-0.39, 0.29) is 5.69 Å². The molecule has 0 aliphatic heterocycles. The standard InChI is InChI=1S/C22H27N7O2/c30-29(31)19-11-9-18(10-12-19)15-24-22(23-14-17-6-2-1-3-7-17)25-16-21-27-26-20-8-4-5-13-28(20)21/h4-5,8-13,17H,1-3,6-7,14-16H2,(H2,23,24,25). The summed E-state index contributed by atoms with van der Waals surface area (Å²) >= 11 is 0. The molecule has 4 rings (SSSR count). The molecular formula is C22H27N7O2. The van der Waals surface area contributed by atoms with E-state index in [4.69, 9.17) is 4.99 Å². The van der Waals surface area contributed by atoms with Crippen LogP contribution in [0.1, 0.15) is 43.5 Å². The third kappa shape index (κ3) is 5.56. The van der Waals surface area contributed by atoms with Gasteiger partial charge in [-0.1, -0.05) is 37.5 Å². The number of benzene rings is 1. The van der Waals surface area contributed by atoms with E-state index in [0.29, 0.717) is 25.0 Å². The molecule has 1 aromatic carbocycles. The van der Waals surface area contributed by atoms with E-state index in [9.17, 15) is 10.1 Å². The summed E-state index contributed by atoms with van der Waals surface area (Å²) in [5, 5.41) is 26.1. The van der Waals surface area contributed by atoms with Crippen LogP contribution in [0.4, 0.5) is 5.69 Å². The number of aliphatic imine (C=N–C) groups is 1. The monoisotopic (exact) mass is 421 g/mol. The molecule has 0 amide bonds. The fraction of sp³-hybridized carbons (Fsp3) is 0.409. The number of guanidine groups is 1. The Morgan fingerprint density at radius 1 is 1.10 bits per heavy atom.